The lowest BCUT2D eigenvalue weighted by Crippen LogP contribution is -2.59. The van der Waals surface area contributed by atoms with Crippen LogP contribution >= 0.6 is 0 Å². The molecule has 1 aliphatic carbocycles. The third kappa shape index (κ3) is 2.69. The van der Waals surface area contributed by atoms with Gasteiger partial charge in [-0.05, 0) is 33.7 Å². The maximum Gasteiger partial charge on any atom is 0.0990 e. The van der Waals surface area contributed by atoms with Gasteiger partial charge in [0.2, 0.25) is 0 Å². The Bertz CT molecular complexity index is 163. The number of hydrogen-bond donors (Lipinski definition) is 1. The second kappa shape index (κ2) is 5.69. The summed E-state index contributed by atoms with van der Waals surface area (Å²) in [6.45, 7) is 7.07. The van der Waals surface area contributed by atoms with E-state index in [4.69, 9.17) is 9.47 Å². The summed E-state index contributed by atoms with van der Waals surface area (Å²) in [5.41, 5.74) is 0. The van der Waals surface area contributed by atoms with Gasteiger partial charge in [-0.2, -0.15) is 0 Å². The van der Waals surface area contributed by atoms with Gasteiger partial charge < -0.3 is 14.8 Å². The van der Waals surface area contributed by atoms with E-state index in [1.54, 1.807) is 0 Å². The third-order valence-corrected chi connectivity index (χ3v) is 2.96. The number of likely N-dealkylation sites (N-methyl/N-ethyl adjacent to an activating group) is 1. The van der Waals surface area contributed by atoms with Gasteiger partial charge in [0.15, 0.2) is 0 Å². The van der Waals surface area contributed by atoms with Gasteiger partial charge in [0.05, 0.1) is 18.3 Å². The summed E-state index contributed by atoms with van der Waals surface area (Å²) < 4.78 is 11.5. The molecule has 0 heterocycles. The van der Waals surface area contributed by atoms with Crippen molar-refractivity contribution in [2.75, 3.05) is 13.7 Å². The topological polar surface area (TPSA) is 30.5 Å². The molecule has 0 aliphatic heterocycles. The van der Waals surface area contributed by atoms with Crippen molar-refractivity contribution in [3.8, 4) is 0 Å². The van der Waals surface area contributed by atoms with Gasteiger partial charge in [0.25, 0.3) is 0 Å². The van der Waals surface area contributed by atoms with Crippen molar-refractivity contribution in [2.45, 2.75) is 58.0 Å². The van der Waals surface area contributed by atoms with Crippen molar-refractivity contribution in [3.63, 3.8) is 0 Å². The van der Waals surface area contributed by atoms with Crippen LogP contribution in [0.2, 0.25) is 0 Å². The second-order valence-electron chi connectivity index (χ2n) is 3.94. The zero-order valence-electron chi connectivity index (χ0n) is 9.75. The van der Waals surface area contributed by atoms with E-state index in [0.29, 0.717) is 18.2 Å². The lowest BCUT2D eigenvalue weighted by Gasteiger charge is -2.44. The fourth-order valence-electron chi connectivity index (χ4n) is 1.81. The Morgan fingerprint density at radius 2 is 2.14 bits per heavy atom. The van der Waals surface area contributed by atoms with Gasteiger partial charge in [0, 0.05) is 12.6 Å². The Morgan fingerprint density at radius 1 is 1.43 bits per heavy atom. The first-order valence-corrected chi connectivity index (χ1v) is 5.67. The quantitative estimate of drug-likeness (QED) is 0.707. The van der Waals surface area contributed by atoms with E-state index >= 15 is 0 Å². The summed E-state index contributed by atoms with van der Waals surface area (Å²) >= 11 is 0. The van der Waals surface area contributed by atoms with E-state index in [9.17, 15) is 0 Å². The molecule has 0 aromatic carbocycles. The molecule has 84 valence electrons. The molecule has 4 unspecified atom stereocenters. The van der Waals surface area contributed by atoms with Crippen molar-refractivity contribution in [1.29, 1.82) is 0 Å². The molecule has 0 saturated heterocycles. The van der Waals surface area contributed by atoms with Crippen LogP contribution in [0.3, 0.4) is 0 Å². The summed E-state index contributed by atoms with van der Waals surface area (Å²) in [4.78, 5) is 0. The standard InChI is InChI=1S/C11H23NO2/c1-5-8(3)14-10-7-9(12-4)11(10)13-6-2/h8-12H,5-7H2,1-4H3. The van der Waals surface area contributed by atoms with E-state index in [1.165, 1.54) is 0 Å². The predicted octanol–water partition coefficient (Wildman–Crippen LogP) is 1.57. The summed E-state index contributed by atoms with van der Waals surface area (Å²) in [6.07, 6.45) is 3.03. The average molecular weight is 201 g/mol. The highest BCUT2D eigenvalue weighted by atomic mass is 16.5. The van der Waals surface area contributed by atoms with Crippen LogP contribution in [0.15, 0.2) is 0 Å². The van der Waals surface area contributed by atoms with Crippen molar-refractivity contribution >= 4 is 0 Å². The van der Waals surface area contributed by atoms with Crippen LogP contribution in [0.25, 0.3) is 0 Å². The minimum absolute atomic E-state index is 0.249. The lowest BCUT2D eigenvalue weighted by molar-refractivity contribution is -0.162. The van der Waals surface area contributed by atoms with Gasteiger partial charge in [0.1, 0.15) is 0 Å². The maximum absolute atomic E-state index is 5.87. The molecule has 0 radical (unpaired) electrons. The van der Waals surface area contributed by atoms with Crippen LogP contribution in [0, 0.1) is 0 Å². The largest absolute Gasteiger partial charge is 0.374 e. The minimum Gasteiger partial charge on any atom is -0.374 e. The van der Waals surface area contributed by atoms with E-state index in [1.807, 2.05) is 14.0 Å². The Hall–Kier alpha value is -0.120. The Morgan fingerprint density at radius 3 is 2.64 bits per heavy atom. The van der Waals surface area contributed by atoms with E-state index < -0.39 is 0 Å². The van der Waals surface area contributed by atoms with Gasteiger partial charge in [-0.3, -0.25) is 0 Å². The summed E-state index contributed by atoms with van der Waals surface area (Å²) in [7, 11) is 1.98. The normalized spacial score (nSPS) is 33.9. The highest BCUT2D eigenvalue weighted by molar-refractivity contribution is 4.96. The first kappa shape index (κ1) is 12.0. The summed E-state index contributed by atoms with van der Waals surface area (Å²) in [5, 5.41) is 3.25. The molecular formula is C11H23NO2. The summed E-state index contributed by atoms with van der Waals surface area (Å²) in [6, 6.07) is 0.476. The van der Waals surface area contributed by atoms with Crippen LogP contribution in [0.5, 0.6) is 0 Å². The van der Waals surface area contributed by atoms with Crippen LogP contribution in [0.4, 0.5) is 0 Å². The monoisotopic (exact) mass is 201 g/mol. The molecule has 14 heavy (non-hydrogen) atoms. The first-order valence-electron chi connectivity index (χ1n) is 5.67. The molecule has 1 N–H and O–H groups in total. The molecule has 0 aromatic heterocycles. The zero-order chi connectivity index (χ0) is 10.6. The highest BCUT2D eigenvalue weighted by Crippen LogP contribution is 2.28. The second-order valence-corrected chi connectivity index (χ2v) is 3.94. The molecule has 0 spiro atoms. The Labute approximate surface area is 87.2 Å². The van der Waals surface area contributed by atoms with Crippen LogP contribution in [0.1, 0.15) is 33.6 Å². The minimum atomic E-state index is 0.249. The van der Waals surface area contributed by atoms with Crippen molar-refractivity contribution in [3.05, 3.63) is 0 Å². The van der Waals surface area contributed by atoms with Crippen LogP contribution in [-0.4, -0.2) is 38.0 Å². The molecule has 1 fully saturated rings. The van der Waals surface area contributed by atoms with Crippen LogP contribution < -0.4 is 5.32 Å². The van der Waals surface area contributed by atoms with Gasteiger partial charge in [-0.15, -0.1) is 0 Å². The SMILES string of the molecule is CCOC1C(NC)CC1OC(C)CC. The lowest BCUT2D eigenvalue weighted by atomic mass is 9.85. The molecule has 1 rings (SSSR count). The Balaban J connectivity index is 2.32. The molecule has 1 saturated carbocycles. The molecule has 0 aromatic rings. The molecule has 0 amide bonds. The molecule has 1 aliphatic rings. The van der Waals surface area contributed by atoms with Crippen molar-refractivity contribution < 1.29 is 9.47 Å². The average Bonchev–Trinajstić information content (AvgIpc) is 2.19. The number of rotatable bonds is 6. The molecule has 3 nitrogen and oxygen atoms in total. The number of ether oxygens (including phenoxy) is 2. The fourth-order valence-corrected chi connectivity index (χ4v) is 1.81. The molecule has 0 bridgehead atoms. The van der Waals surface area contributed by atoms with Gasteiger partial charge >= 0.3 is 0 Å². The number of nitrogens with one attached hydrogen (secondary N) is 1. The predicted molar refractivity (Wildman–Crippen MR) is 57.5 cm³/mol. The van der Waals surface area contributed by atoms with E-state index in [-0.39, 0.29) is 6.10 Å². The molecule has 4 atom stereocenters. The fraction of sp³-hybridized carbons (Fsp3) is 1.00. The van der Waals surface area contributed by atoms with Crippen LogP contribution in [-0.2, 0) is 9.47 Å². The first-order chi connectivity index (χ1) is 6.72. The maximum atomic E-state index is 5.87. The van der Waals surface area contributed by atoms with E-state index in [2.05, 4.69) is 19.2 Å². The Kier molecular flexibility index (Phi) is 4.85. The summed E-state index contributed by atoms with van der Waals surface area (Å²) in [5.74, 6) is 0. The smallest absolute Gasteiger partial charge is 0.0990 e. The van der Waals surface area contributed by atoms with Crippen molar-refractivity contribution in [2.24, 2.45) is 0 Å². The molecular weight excluding hydrogens is 178 g/mol. The van der Waals surface area contributed by atoms with Gasteiger partial charge in [-0.25, -0.2) is 0 Å². The zero-order valence-corrected chi connectivity index (χ0v) is 9.75. The highest BCUT2D eigenvalue weighted by Gasteiger charge is 2.42. The number of hydrogen-bond acceptors (Lipinski definition) is 3. The van der Waals surface area contributed by atoms with E-state index in [0.717, 1.165) is 19.4 Å². The van der Waals surface area contributed by atoms with Gasteiger partial charge in [-0.1, -0.05) is 6.92 Å². The third-order valence-electron chi connectivity index (χ3n) is 2.96. The molecule has 3 heteroatoms. The van der Waals surface area contributed by atoms with Crippen molar-refractivity contribution in [1.82, 2.24) is 5.32 Å².